The molecule has 178 valence electrons. The van der Waals surface area contributed by atoms with E-state index >= 15 is 0 Å². The van der Waals surface area contributed by atoms with Crippen molar-refractivity contribution in [3.05, 3.63) is 63.6 Å². The number of halogens is 1. The summed E-state index contributed by atoms with van der Waals surface area (Å²) in [6.45, 7) is 6.33. The molecular formula is C27H35BrN2O3. The molecule has 0 unspecified atom stereocenters. The fourth-order valence-electron chi connectivity index (χ4n) is 4.28. The molecule has 1 N–H and O–H groups in total. The Labute approximate surface area is 206 Å². The lowest BCUT2D eigenvalue weighted by Gasteiger charge is -2.31. The van der Waals surface area contributed by atoms with E-state index in [9.17, 15) is 9.59 Å². The summed E-state index contributed by atoms with van der Waals surface area (Å²) in [5, 5.41) is 3.17. The van der Waals surface area contributed by atoms with Crippen molar-refractivity contribution < 1.29 is 14.3 Å². The first-order valence-electron chi connectivity index (χ1n) is 12.0. The fraction of sp³-hybridized carbons (Fsp3) is 0.481. The molecule has 0 saturated heterocycles. The lowest BCUT2D eigenvalue weighted by Crippen LogP contribution is -2.52. The summed E-state index contributed by atoms with van der Waals surface area (Å²) in [5.74, 6) is 0.355. The van der Waals surface area contributed by atoms with E-state index in [2.05, 4.69) is 28.2 Å². The minimum atomic E-state index is -0.533. The Morgan fingerprint density at radius 1 is 1.09 bits per heavy atom. The quantitative estimate of drug-likeness (QED) is 0.451. The Balaban J connectivity index is 1.76. The third-order valence-electron chi connectivity index (χ3n) is 6.32. The van der Waals surface area contributed by atoms with Crippen LogP contribution in [0.3, 0.4) is 0 Å². The molecule has 1 fully saturated rings. The SMILES string of the molecule is CCc1ccc(OCC(=O)N(Cc2ccc(C)cc2)[C@@H](CC)C(=O)NC2CCCC2)c(Br)c1. The summed E-state index contributed by atoms with van der Waals surface area (Å²) in [7, 11) is 0. The van der Waals surface area contributed by atoms with Crippen LogP contribution in [0.1, 0.15) is 62.6 Å². The van der Waals surface area contributed by atoms with Gasteiger partial charge in [-0.15, -0.1) is 0 Å². The molecule has 2 aromatic rings. The molecule has 5 nitrogen and oxygen atoms in total. The van der Waals surface area contributed by atoms with E-state index < -0.39 is 6.04 Å². The van der Waals surface area contributed by atoms with Gasteiger partial charge in [-0.3, -0.25) is 9.59 Å². The molecule has 0 aliphatic heterocycles. The third kappa shape index (κ3) is 7.07. The second-order valence-corrected chi connectivity index (χ2v) is 9.68. The smallest absolute Gasteiger partial charge is 0.261 e. The second-order valence-electron chi connectivity index (χ2n) is 8.83. The summed E-state index contributed by atoms with van der Waals surface area (Å²) < 4.78 is 6.70. The lowest BCUT2D eigenvalue weighted by molar-refractivity contribution is -0.143. The van der Waals surface area contributed by atoms with Gasteiger partial charge < -0.3 is 15.0 Å². The standard InChI is InChI=1S/C27H35BrN2O3/c1-4-20-14-15-25(23(28)16-20)33-18-26(31)30(17-21-12-10-19(3)11-13-21)24(5-2)27(32)29-22-8-6-7-9-22/h10-16,22,24H,4-9,17-18H2,1-3H3,(H,29,32)/t24-/m0/s1. The molecule has 1 aliphatic carbocycles. The topological polar surface area (TPSA) is 58.6 Å². The van der Waals surface area contributed by atoms with Crippen molar-refractivity contribution >= 4 is 27.7 Å². The van der Waals surface area contributed by atoms with E-state index in [-0.39, 0.29) is 24.5 Å². The minimum Gasteiger partial charge on any atom is -0.483 e. The number of ether oxygens (including phenoxy) is 1. The Morgan fingerprint density at radius 3 is 2.36 bits per heavy atom. The van der Waals surface area contributed by atoms with Crippen molar-refractivity contribution in [2.75, 3.05) is 6.61 Å². The van der Waals surface area contributed by atoms with Crippen molar-refractivity contribution in [2.45, 2.75) is 77.9 Å². The molecule has 6 heteroatoms. The van der Waals surface area contributed by atoms with Crippen molar-refractivity contribution in [3.63, 3.8) is 0 Å². The molecule has 33 heavy (non-hydrogen) atoms. The van der Waals surface area contributed by atoms with Crippen LogP contribution in [-0.2, 0) is 22.6 Å². The van der Waals surface area contributed by atoms with Crippen LogP contribution >= 0.6 is 15.9 Å². The van der Waals surface area contributed by atoms with Gasteiger partial charge in [0.15, 0.2) is 6.61 Å². The highest BCUT2D eigenvalue weighted by atomic mass is 79.9. The number of nitrogens with zero attached hydrogens (tertiary/aromatic N) is 1. The maximum absolute atomic E-state index is 13.4. The van der Waals surface area contributed by atoms with Gasteiger partial charge in [0.25, 0.3) is 5.91 Å². The van der Waals surface area contributed by atoms with Gasteiger partial charge in [0.05, 0.1) is 4.47 Å². The molecule has 2 amide bonds. The monoisotopic (exact) mass is 514 g/mol. The highest BCUT2D eigenvalue weighted by Gasteiger charge is 2.31. The summed E-state index contributed by atoms with van der Waals surface area (Å²) in [6.07, 6.45) is 5.79. The Morgan fingerprint density at radius 2 is 1.76 bits per heavy atom. The third-order valence-corrected chi connectivity index (χ3v) is 6.94. The first kappa shape index (κ1) is 25.3. The molecule has 0 aromatic heterocycles. The summed E-state index contributed by atoms with van der Waals surface area (Å²) >= 11 is 3.54. The van der Waals surface area contributed by atoms with Gasteiger partial charge in [-0.2, -0.15) is 0 Å². The molecule has 0 spiro atoms. The molecule has 1 atom stereocenters. The van der Waals surface area contributed by atoms with E-state index in [0.717, 1.165) is 47.7 Å². The van der Waals surface area contributed by atoms with Gasteiger partial charge in [0, 0.05) is 12.6 Å². The van der Waals surface area contributed by atoms with Crippen LogP contribution in [0.25, 0.3) is 0 Å². The van der Waals surface area contributed by atoms with Crippen LogP contribution in [0.2, 0.25) is 0 Å². The van der Waals surface area contributed by atoms with E-state index in [0.29, 0.717) is 18.7 Å². The lowest BCUT2D eigenvalue weighted by atomic mass is 10.1. The van der Waals surface area contributed by atoms with Crippen molar-refractivity contribution in [3.8, 4) is 5.75 Å². The van der Waals surface area contributed by atoms with E-state index in [4.69, 9.17) is 4.74 Å². The Hall–Kier alpha value is -2.34. The van der Waals surface area contributed by atoms with Gasteiger partial charge in [-0.05, 0) is 71.8 Å². The predicted octanol–water partition coefficient (Wildman–Crippen LogP) is 5.56. The zero-order chi connectivity index (χ0) is 23.8. The summed E-state index contributed by atoms with van der Waals surface area (Å²) in [4.78, 5) is 28.2. The molecule has 0 radical (unpaired) electrons. The minimum absolute atomic E-state index is 0.0710. The van der Waals surface area contributed by atoms with Crippen LogP contribution in [0.4, 0.5) is 0 Å². The molecule has 1 aliphatic rings. The number of carbonyl (C=O) groups excluding carboxylic acids is 2. The number of hydrogen-bond acceptors (Lipinski definition) is 3. The van der Waals surface area contributed by atoms with Gasteiger partial charge >= 0.3 is 0 Å². The van der Waals surface area contributed by atoms with Crippen molar-refractivity contribution in [1.82, 2.24) is 10.2 Å². The second kappa shape index (κ2) is 12.2. The normalized spacial score (nSPS) is 14.7. The van der Waals surface area contributed by atoms with Gasteiger partial charge in [-0.1, -0.05) is 62.6 Å². The first-order chi connectivity index (χ1) is 15.9. The summed E-state index contributed by atoms with van der Waals surface area (Å²) in [6, 6.07) is 13.6. The maximum atomic E-state index is 13.4. The maximum Gasteiger partial charge on any atom is 0.261 e. The van der Waals surface area contributed by atoms with Crippen LogP contribution in [0.5, 0.6) is 5.75 Å². The number of benzene rings is 2. The average molecular weight is 515 g/mol. The highest BCUT2D eigenvalue weighted by molar-refractivity contribution is 9.10. The van der Waals surface area contributed by atoms with Gasteiger partial charge in [0.1, 0.15) is 11.8 Å². The average Bonchev–Trinajstić information content (AvgIpc) is 3.32. The molecule has 2 aromatic carbocycles. The number of aryl methyl sites for hydroxylation is 2. The Bertz CT molecular complexity index is 939. The highest BCUT2D eigenvalue weighted by Crippen LogP contribution is 2.26. The predicted molar refractivity (Wildman–Crippen MR) is 135 cm³/mol. The molecule has 3 rings (SSSR count). The molecule has 1 saturated carbocycles. The van der Waals surface area contributed by atoms with E-state index in [1.807, 2.05) is 56.3 Å². The molecule has 0 heterocycles. The van der Waals surface area contributed by atoms with Crippen molar-refractivity contribution in [2.24, 2.45) is 0 Å². The number of carbonyl (C=O) groups is 2. The van der Waals surface area contributed by atoms with E-state index in [1.165, 1.54) is 5.56 Å². The van der Waals surface area contributed by atoms with Crippen LogP contribution in [0.15, 0.2) is 46.9 Å². The molecule has 0 bridgehead atoms. The van der Waals surface area contributed by atoms with Gasteiger partial charge in [-0.25, -0.2) is 0 Å². The van der Waals surface area contributed by atoms with Crippen LogP contribution in [0, 0.1) is 6.92 Å². The van der Waals surface area contributed by atoms with Crippen molar-refractivity contribution in [1.29, 1.82) is 0 Å². The Kier molecular flexibility index (Phi) is 9.36. The fourth-order valence-corrected chi connectivity index (χ4v) is 4.82. The first-order valence-corrected chi connectivity index (χ1v) is 12.8. The molecular weight excluding hydrogens is 480 g/mol. The van der Waals surface area contributed by atoms with Crippen LogP contribution in [-0.4, -0.2) is 35.4 Å². The van der Waals surface area contributed by atoms with Crippen LogP contribution < -0.4 is 10.1 Å². The van der Waals surface area contributed by atoms with E-state index in [1.54, 1.807) is 4.90 Å². The summed E-state index contributed by atoms with van der Waals surface area (Å²) in [5.41, 5.74) is 3.34. The largest absolute Gasteiger partial charge is 0.483 e. The number of amides is 2. The zero-order valence-electron chi connectivity index (χ0n) is 19.9. The number of rotatable bonds is 10. The zero-order valence-corrected chi connectivity index (χ0v) is 21.5. The van der Waals surface area contributed by atoms with Gasteiger partial charge in [0.2, 0.25) is 5.91 Å². The number of hydrogen-bond donors (Lipinski definition) is 1. The number of nitrogens with one attached hydrogen (secondary N) is 1.